The molecule has 3 aromatic rings. The third-order valence-electron chi connectivity index (χ3n) is 3.99. The molecule has 0 aliphatic carbocycles. The highest BCUT2D eigenvalue weighted by Crippen LogP contribution is 2.21. The van der Waals surface area contributed by atoms with Crippen molar-refractivity contribution in [2.45, 2.75) is 13.0 Å². The molecule has 7 heteroatoms. The van der Waals surface area contributed by atoms with Gasteiger partial charge in [-0.2, -0.15) is 4.31 Å². The summed E-state index contributed by atoms with van der Waals surface area (Å²) in [6.45, 7) is 1.00. The van der Waals surface area contributed by atoms with Crippen molar-refractivity contribution in [3.05, 3.63) is 54.2 Å². The number of rotatable bonds is 3. The van der Waals surface area contributed by atoms with Gasteiger partial charge in [0.25, 0.3) is 0 Å². The first-order valence-corrected chi connectivity index (χ1v) is 9.11. The zero-order valence-electron chi connectivity index (χ0n) is 12.5. The topological polar surface area (TPSA) is 67.6 Å². The highest BCUT2D eigenvalue weighted by molar-refractivity contribution is 7.89. The molecular formula is C16H16N4O2S. The molecule has 1 aliphatic heterocycles. The van der Waals surface area contributed by atoms with E-state index in [9.17, 15) is 8.42 Å². The summed E-state index contributed by atoms with van der Waals surface area (Å²) in [6.07, 6.45) is 2.56. The number of benzene rings is 1. The first kappa shape index (κ1) is 14.3. The molecule has 2 aromatic heterocycles. The molecule has 1 saturated heterocycles. The van der Waals surface area contributed by atoms with Crippen LogP contribution in [0, 0.1) is 0 Å². The van der Waals surface area contributed by atoms with Crippen molar-refractivity contribution in [2.24, 2.45) is 0 Å². The summed E-state index contributed by atoms with van der Waals surface area (Å²) in [5.74, 6) is 0.892. The predicted octanol–water partition coefficient (Wildman–Crippen LogP) is 1.93. The van der Waals surface area contributed by atoms with Gasteiger partial charge in [-0.25, -0.2) is 17.9 Å². The molecule has 118 valence electrons. The van der Waals surface area contributed by atoms with Crippen LogP contribution in [0.25, 0.3) is 17.0 Å². The van der Waals surface area contributed by atoms with E-state index >= 15 is 0 Å². The van der Waals surface area contributed by atoms with E-state index in [1.807, 2.05) is 48.7 Å². The zero-order chi connectivity index (χ0) is 15.9. The van der Waals surface area contributed by atoms with Crippen molar-refractivity contribution in [2.75, 3.05) is 12.3 Å². The van der Waals surface area contributed by atoms with Crippen molar-refractivity contribution in [3.8, 4) is 11.4 Å². The first-order valence-electron chi connectivity index (χ1n) is 7.50. The molecule has 23 heavy (non-hydrogen) atoms. The Morgan fingerprint density at radius 1 is 1.13 bits per heavy atom. The highest BCUT2D eigenvalue weighted by atomic mass is 32.2. The minimum absolute atomic E-state index is 0.251. The van der Waals surface area contributed by atoms with Crippen LogP contribution >= 0.6 is 0 Å². The van der Waals surface area contributed by atoms with E-state index in [-0.39, 0.29) is 5.75 Å². The Kier molecular flexibility index (Phi) is 3.39. The molecule has 1 fully saturated rings. The van der Waals surface area contributed by atoms with Crippen molar-refractivity contribution in [1.82, 2.24) is 18.9 Å². The van der Waals surface area contributed by atoms with E-state index < -0.39 is 10.0 Å². The maximum absolute atomic E-state index is 11.9. The van der Waals surface area contributed by atoms with E-state index in [1.165, 1.54) is 0 Å². The van der Waals surface area contributed by atoms with Crippen LogP contribution < -0.4 is 0 Å². The number of hydrogen-bond acceptors (Lipinski definition) is 4. The molecule has 6 nitrogen and oxygen atoms in total. The maximum Gasteiger partial charge on any atom is 0.214 e. The van der Waals surface area contributed by atoms with Gasteiger partial charge in [0.2, 0.25) is 10.0 Å². The largest absolute Gasteiger partial charge is 0.221 e. The minimum Gasteiger partial charge on any atom is -0.221 e. The molecule has 4 rings (SSSR count). The predicted molar refractivity (Wildman–Crippen MR) is 87.2 cm³/mol. The molecule has 0 radical (unpaired) electrons. The van der Waals surface area contributed by atoms with Crippen LogP contribution in [0.3, 0.4) is 0 Å². The second kappa shape index (κ2) is 5.43. The molecule has 0 unspecified atom stereocenters. The molecule has 0 bridgehead atoms. The van der Waals surface area contributed by atoms with Gasteiger partial charge in [-0.05, 0) is 30.2 Å². The average Bonchev–Trinajstić information content (AvgIpc) is 3.11. The lowest BCUT2D eigenvalue weighted by molar-refractivity contribution is 0.440. The molecule has 0 N–H and O–H groups in total. The van der Waals surface area contributed by atoms with Crippen molar-refractivity contribution in [1.29, 1.82) is 0 Å². The van der Waals surface area contributed by atoms with Gasteiger partial charge in [0.05, 0.1) is 5.75 Å². The van der Waals surface area contributed by atoms with Gasteiger partial charge in [-0.15, -0.1) is 5.10 Å². The number of aromatic nitrogens is 3. The second-order valence-corrected chi connectivity index (χ2v) is 7.73. The Bertz CT molecular complexity index is 932. The van der Waals surface area contributed by atoms with E-state index in [2.05, 4.69) is 10.1 Å². The SMILES string of the molecule is O=S1(=O)CCCN1Cc1cccc(-c2nc3ccccn3n2)c1. The summed E-state index contributed by atoms with van der Waals surface area (Å²) in [4.78, 5) is 4.50. The van der Waals surface area contributed by atoms with Crippen LogP contribution in [-0.4, -0.2) is 39.6 Å². The third kappa shape index (κ3) is 2.73. The van der Waals surface area contributed by atoms with Crippen molar-refractivity contribution < 1.29 is 8.42 Å². The summed E-state index contributed by atoms with van der Waals surface area (Å²) in [6, 6.07) is 13.5. The number of sulfonamides is 1. The van der Waals surface area contributed by atoms with Gasteiger partial charge in [0.1, 0.15) is 0 Å². The van der Waals surface area contributed by atoms with E-state index in [1.54, 1.807) is 8.82 Å². The monoisotopic (exact) mass is 328 g/mol. The zero-order valence-corrected chi connectivity index (χ0v) is 13.3. The summed E-state index contributed by atoms with van der Waals surface area (Å²) >= 11 is 0. The first-order chi connectivity index (χ1) is 11.1. The second-order valence-electron chi connectivity index (χ2n) is 5.64. The lowest BCUT2D eigenvalue weighted by Crippen LogP contribution is -2.25. The molecule has 0 atom stereocenters. The van der Waals surface area contributed by atoms with Gasteiger partial charge in [0.15, 0.2) is 11.5 Å². The van der Waals surface area contributed by atoms with Crippen LogP contribution in [0.4, 0.5) is 0 Å². The van der Waals surface area contributed by atoms with Crippen LogP contribution in [0.5, 0.6) is 0 Å². The van der Waals surface area contributed by atoms with E-state index in [0.717, 1.165) is 16.8 Å². The summed E-state index contributed by atoms with van der Waals surface area (Å²) in [5, 5.41) is 4.46. The number of hydrogen-bond donors (Lipinski definition) is 0. The van der Waals surface area contributed by atoms with E-state index in [0.29, 0.717) is 25.3 Å². The van der Waals surface area contributed by atoms with Gasteiger partial charge < -0.3 is 0 Å². The Labute approximate surface area is 134 Å². The third-order valence-corrected chi connectivity index (χ3v) is 5.89. The molecule has 3 heterocycles. The molecule has 1 aromatic carbocycles. The van der Waals surface area contributed by atoms with Crippen LogP contribution in [0.1, 0.15) is 12.0 Å². The highest BCUT2D eigenvalue weighted by Gasteiger charge is 2.28. The lowest BCUT2D eigenvalue weighted by atomic mass is 10.1. The fraction of sp³-hybridized carbons (Fsp3) is 0.250. The van der Waals surface area contributed by atoms with Crippen LogP contribution in [-0.2, 0) is 16.6 Å². The Morgan fingerprint density at radius 3 is 2.83 bits per heavy atom. The Balaban J connectivity index is 1.66. The van der Waals surface area contributed by atoms with Gasteiger partial charge >= 0.3 is 0 Å². The molecule has 0 amide bonds. The number of nitrogens with zero attached hydrogens (tertiary/aromatic N) is 4. The molecule has 0 saturated carbocycles. The summed E-state index contributed by atoms with van der Waals surface area (Å²) in [7, 11) is -3.09. The van der Waals surface area contributed by atoms with Crippen molar-refractivity contribution >= 4 is 15.7 Å². The molecule has 0 spiro atoms. The van der Waals surface area contributed by atoms with Gasteiger partial charge in [-0.3, -0.25) is 0 Å². The fourth-order valence-corrected chi connectivity index (χ4v) is 4.34. The normalized spacial score (nSPS) is 17.7. The van der Waals surface area contributed by atoms with Gasteiger partial charge in [-0.1, -0.05) is 24.3 Å². The minimum atomic E-state index is -3.09. The van der Waals surface area contributed by atoms with Crippen LogP contribution in [0.15, 0.2) is 48.7 Å². The smallest absolute Gasteiger partial charge is 0.214 e. The Hall–Kier alpha value is -2.25. The van der Waals surface area contributed by atoms with Crippen molar-refractivity contribution in [3.63, 3.8) is 0 Å². The summed E-state index contributed by atoms with van der Waals surface area (Å²) < 4.78 is 27.1. The standard InChI is InChI=1S/C16H16N4O2S/c21-23(22)10-4-8-19(23)12-13-5-3-6-14(11-13)16-17-15-7-1-2-9-20(15)18-16/h1-3,5-7,9,11H,4,8,10,12H2. The quantitative estimate of drug-likeness (QED) is 0.737. The Morgan fingerprint density at radius 2 is 2.04 bits per heavy atom. The maximum atomic E-state index is 11.9. The molecular weight excluding hydrogens is 312 g/mol. The molecule has 1 aliphatic rings. The average molecular weight is 328 g/mol. The number of fused-ring (bicyclic) bond motifs is 1. The summed E-state index contributed by atoms with van der Waals surface area (Å²) in [5.41, 5.74) is 2.63. The lowest BCUT2D eigenvalue weighted by Gasteiger charge is -2.14. The van der Waals surface area contributed by atoms with Gasteiger partial charge in [0, 0.05) is 24.8 Å². The van der Waals surface area contributed by atoms with E-state index in [4.69, 9.17) is 0 Å². The fourth-order valence-electron chi connectivity index (χ4n) is 2.84. The van der Waals surface area contributed by atoms with Crippen LogP contribution in [0.2, 0.25) is 0 Å². The number of pyridine rings is 1.